The molecule has 0 spiro atoms. The zero-order chi connectivity index (χ0) is 15.3. The van der Waals surface area contributed by atoms with E-state index in [0.717, 1.165) is 12.8 Å². The van der Waals surface area contributed by atoms with Crippen molar-refractivity contribution >= 4 is 5.97 Å². The van der Waals surface area contributed by atoms with Gasteiger partial charge in [0, 0.05) is 0 Å². The number of carbonyl (C=O) groups is 1. The first-order chi connectivity index (χ1) is 9.15. The summed E-state index contributed by atoms with van der Waals surface area (Å²) in [7, 11) is 4.11. The lowest BCUT2D eigenvalue weighted by molar-refractivity contribution is -0.153. The Morgan fingerprint density at radius 2 is 2.00 bits per heavy atom. The van der Waals surface area contributed by atoms with Gasteiger partial charge in [-0.3, -0.25) is 4.79 Å². The molecule has 4 atom stereocenters. The number of nitrogens with two attached hydrogens (primary N) is 1. The third-order valence-corrected chi connectivity index (χ3v) is 6.80. The second-order valence-electron chi connectivity index (χ2n) is 7.54. The Morgan fingerprint density at radius 3 is 2.35 bits per heavy atom. The summed E-state index contributed by atoms with van der Waals surface area (Å²) < 4.78 is 5.22. The normalized spacial score (nSPS) is 40.1. The van der Waals surface area contributed by atoms with Crippen molar-refractivity contribution in [3.63, 3.8) is 0 Å². The molecule has 0 aromatic rings. The molecule has 2 aliphatic carbocycles. The van der Waals surface area contributed by atoms with Gasteiger partial charge in [0.15, 0.2) is 0 Å². The lowest BCUT2D eigenvalue weighted by Crippen LogP contribution is -2.68. The number of ether oxygens (including phenoxy) is 1. The maximum Gasteiger partial charge on any atom is 0.324 e. The number of hydrogen-bond acceptors (Lipinski definition) is 4. The monoisotopic (exact) mass is 282 g/mol. The van der Waals surface area contributed by atoms with Crippen LogP contribution in [-0.2, 0) is 9.53 Å². The average molecular weight is 282 g/mol. The van der Waals surface area contributed by atoms with Gasteiger partial charge in [-0.1, -0.05) is 20.8 Å². The van der Waals surface area contributed by atoms with Gasteiger partial charge in [-0.05, 0) is 57.0 Å². The fourth-order valence-electron chi connectivity index (χ4n) is 5.18. The molecule has 4 heteroatoms. The van der Waals surface area contributed by atoms with Crippen molar-refractivity contribution < 1.29 is 9.53 Å². The number of likely N-dealkylation sites (N-methyl/N-ethyl adjacent to an activating group) is 1. The standard InChI is InChI=1S/C16H30N2O2/c1-7-20-13(19)12(17)16(18(5)6)10-11-8-9-15(16,4)14(11,2)3/h11-12H,7-10,17H2,1-6H3/t11-,12+,15-,16-/m0/s1. The Bertz CT molecular complexity index is 407. The third kappa shape index (κ3) is 1.64. The van der Waals surface area contributed by atoms with E-state index in [4.69, 9.17) is 10.5 Å². The van der Waals surface area contributed by atoms with Gasteiger partial charge < -0.3 is 15.4 Å². The van der Waals surface area contributed by atoms with Gasteiger partial charge in [-0.25, -0.2) is 0 Å². The van der Waals surface area contributed by atoms with Gasteiger partial charge in [0.05, 0.1) is 12.1 Å². The number of fused-ring (bicyclic) bond motifs is 2. The molecule has 20 heavy (non-hydrogen) atoms. The molecule has 2 fully saturated rings. The Hall–Kier alpha value is -0.610. The van der Waals surface area contributed by atoms with E-state index in [1.807, 2.05) is 6.92 Å². The molecule has 4 nitrogen and oxygen atoms in total. The van der Waals surface area contributed by atoms with Crippen LogP contribution in [0.15, 0.2) is 0 Å². The fraction of sp³-hybridized carbons (Fsp3) is 0.938. The highest BCUT2D eigenvalue weighted by atomic mass is 16.5. The van der Waals surface area contributed by atoms with Gasteiger partial charge in [-0.2, -0.15) is 0 Å². The molecule has 2 N–H and O–H groups in total. The first-order valence-corrected chi connectivity index (χ1v) is 7.75. The molecule has 0 amide bonds. The van der Waals surface area contributed by atoms with Crippen LogP contribution < -0.4 is 5.73 Å². The van der Waals surface area contributed by atoms with Crippen LogP contribution in [0.25, 0.3) is 0 Å². The van der Waals surface area contributed by atoms with Gasteiger partial charge >= 0.3 is 5.97 Å². The summed E-state index contributed by atoms with van der Waals surface area (Å²) in [6.07, 6.45) is 3.37. The Balaban J connectivity index is 2.46. The van der Waals surface area contributed by atoms with Crippen LogP contribution in [0.4, 0.5) is 0 Å². The summed E-state index contributed by atoms with van der Waals surface area (Å²) >= 11 is 0. The van der Waals surface area contributed by atoms with Crippen molar-refractivity contribution in [2.75, 3.05) is 20.7 Å². The number of carbonyl (C=O) groups excluding carboxylic acids is 1. The van der Waals surface area contributed by atoms with E-state index < -0.39 is 6.04 Å². The summed E-state index contributed by atoms with van der Waals surface area (Å²) in [6, 6.07) is -0.577. The molecule has 0 aromatic heterocycles. The topological polar surface area (TPSA) is 55.6 Å². The average Bonchev–Trinajstić information content (AvgIpc) is 2.69. The van der Waals surface area contributed by atoms with Crippen LogP contribution in [0.1, 0.15) is 47.0 Å². The number of hydrogen-bond donors (Lipinski definition) is 1. The highest BCUT2D eigenvalue weighted by molar-refractivity contribution is 5.78. The third-order valence-electron chi connectivity index (χ3n) is 6.80. The Kier molecular flexibility index (Phi) is 3.71. The maximum absolute atomic E-state index is 12.3. The van der Waals surface area contributed by atoms with Crippen LogP contribution in [0.2, 0.25) is 0 Å². The van der Waals surface area contributed by atoms with E-state index in [0.29, 0.717) is 12.5 Å². The van der Waals surface area contributed by atoms with Crippen LogP contribution in [0, 0.1) is 16.7 Å². The lowest BCUT2D eigenvalue weighted by atomic mass is 9.59. The van der Waals surface area contributed by atoms with E-state index in [-0.39, 0.29) is 22.3 Å². The highest BCUT2D eigenvalue weighted by Crippen LogP contribution is 2.71. The van der Waals surface area contributed by atoms with Crippen LogP contribution >= 0.6 is 0 Å². The molecule has 0 unspecified atom stereocenters. The molecule has 2 saturated carbocycles. The zero-order valence-electron chi connectivity index (χ0n) is 13.8. The first kappa shape index (κ1) is 15.8. The van der Waals surface area contributed by atoms with Gasteiger partial charge in [-0.15, -0.1) is 0 Å². The molecule has 2 bridgehead atoms. The van der Waals surface area contributed by atoms with E-state index >= 15 is 0 Å². The molecule has 0 aliphatic heterocycles. The number of nitrogens with zero attached hydrogens (tertiary/aromatic N) is 1. The molecule has 0 aromatic carbocycles. The van der Waals surface area contributed by atoms with Crippen LogP contribution in [0.3, 0.4) is 0 Å². The van der Waals surface area contributed by atoms with E-state index in [2.05, 4.69) is 39.8 Å². The first-order valence-electron chi connectivity index (χ1n) is 7.75. The second kappa shape index (κ2) is 4.70. The zero-order valence-corrected chi connectivity index (χ0v) is 13.8. The summed E-state index contributed by atoms with van der Waals surface area (Å²) in [5, 5.41) is 0. The quantitative estimate of drug-likeness (QED) is 0.802. The van der Waals surface area contributed by atoms with Crippen molar-refractivity contribution in [2.45, 2.75) is 58.5 Å². The number of esters is 1. The van der Waals surface area contributed by atoms with Crippen LogP contribution in [0.5, 0.6) is 0 Å². The summed E-state index contributed by atoms with van der Waals surface area (Å²) in [5.74, 6) is 0.376. The van der Waals surface area contributed by atoms with E-state index in [1.165, 1.54) is 6.42 Å². The summed E-state index contributed by atoms with van der Waals surface area (Å²) in [4.78, 5) is 14.5. The SMILES string of the molecule is CCOC(=O)[C@@H](N)[C@@]1(N(C)C)C[C@@H]2CC[C@@]1(C)C2(C)C. The van der Waals surface area contributed by atoms with Crippen LogP contribution in [-0.4, -0.2) is 43.2 Å². The smallest absolute Gasteiger partial charge is 0.324 e. The van der Waals surface area contributed by atoms with Gasteiger partial charge in [0.25, 0.3) is 0 Å². The molecule has 0 radical (unpaired) electrons. The fourth-order valence-corrected chi connectivity index (χ4v) is 5.18. The lowest BCUT2D eigenvalue weighted by Gasteiger charge is -2.54. The molecule has 116 valence electrons. The largest absolute Gasteiger partial charge is 0.465 e. The Morgan fingerprint density at radius 1 is 1.40 bits per heavy atom. The second-order valence-corrected chi connectivity index (χ2v) is 7.54. The van der Waals surface area contributed by atoms with Crippen molar-refractivity contribution in [3.05, 3.63) is 0 Å². The van der Waals surface area contributed by atoms with Gasteiger partial charge in [0.1, 0.15) is 6.04 Å². The van der Waals surface area contributed by atoms with Crippen molar-refractivity contribution in [2.24, 2.45) is 22.5 Å². The highest BCUT2D eigenvalue weighted by Gasteiger charge is 2.72. The van der Waals surface area contributed by atoms with Crippen molar-refractivity contribution in [1.82, 2.24) is 4.90 Å². The summed E-state index contributed by atoms with van der Waals surface area (Å²) in [5.41, 5.74) is 6.37. The maximum atomic E-state index is 12.3. The molecule has 0 heterocycles. The minimum atomic E-state index is -0.577. The molecule has 2 rings (SSSR count). The minimum absolute atomic E-state index is 0.0420. The summed E-state index contributed by atoms with van der Waals surface area (Å²) in [6.45, 7) is 9.22. The predicted molar refractivity (Wildman–Crippen MR) is 80.3 cm³/mol. The Labute approximate surface area is 123 Å². The predicted octanol–water partition coefficient (Wildman–Crippen LogP) is 2.02. The van der Waals surface area contributed by atoms with E-state index in [1.54, 1.807) is 0 Å². The molecule has 0 saturated heterocycles. The van der Waals surface area contributed by atoms with Crippen molar-refractivity contribution in [3.8, 4) is 0 Å². The van der Waals surface area contributed by atoms with Gasteiger partial charge in [0.2, 0.25) is 0 Å². The van der Waals surface area contributed by atoms with E-state index in [9.17, 15) is 4.79 Å². The number of rotatable bonds is 4. The minimum Gasteiger partial charge on any atom is -0.465 e. The van der Waals surface area contributed by atoms with Crippen molar-refractivity contribution in [1.29, 1.82) is 0 Å². The molecule has 2 aliphatic rings. The molecular formula is C16H30N2O2. The molecular weight excluding hydrogens is 252 g/mol.